The van der Waals surface area contributed by atoms with Gasteiger partial charge in [0, 0.05) is 28.3 Å². The minimum absolute atomic E-state index is 0.289. The fourth-order valence-corrected chi connectivity index (χ4v) is 3.74. The third-order valence-corrected chi connectivity index (χ3v) is 5.82. The van der Waals surface area contributed by atoms with Gasteiger partial charge in [-0.2, -0.15) is 5.10 Å². The van der Waals surface area contributed by atoms with E-state index in [2.05, 4.69) is 10.2 Å². The highest BCUT2D eigenvalue weighted by Gasteiger charge is 2.29. The maximum Gasteiger partial charge on any atom is 0.268 e. The van der Waals surface area contributed by atoms with Crippen molar-refractivity contribution < 1.29 is 9.15 Å². The lowest BCUT2D eigenvalue weighted by Crippen LogP contribution is -2.19. The average Bonchev–Trinajstić information content (AvgIpc) is 3.34. The van der Waals surface area contributed by atoms with Crippen LogP contribution >= 0.6 is 34.8 Å². The quantitative estimate of drug-likeness (QED) is 0.318. The van der Waals surface area contributed by atoms with Gasteiger partial charge in [0.25, 0.3) is 5.89 Å². The smallest absolute Gasteiger partial charge is 0.268 e. The van der Waals surface area contributed by atoms with E-state index in [1.807, 2.05) is 51.1 Å². The van der Waals surface area contributed by atoms with Crippen molar-refractivity contribution in [2.24, 2.45) is 0 Å². The predicted molar refractivity (Wildman–Crippen MR) is 122 cm³/mol. The van der Waals surface area contributed by atoms with Crippen molar-refractivity contribution in [1.82, 2.24) is 20.0 Å². The summed E-state index contributed by atoms with van der Waals surface area (Å²) in [7, 11) is 1.59. The van der Waals surface area contributed by atoms with E-state index < -0.39 is 5.60 Å². The number of methoxy groups -OCH3 is 1. The molecule has 0 aliphatic heterocycles. The maximum absolute atomic E-state index is 6.50. The molecule has 2 aromatic carbocycles. The number of hydrogen-bond acceptors (Lipinski definition) is 5. The first-order valence-corrected chi connectivity index (χ1v) is 10.5. The Morgan fingerprint density at radius 2 is 1.65 bits per heavy atom. The highest BCUT2D eigenvalue weighted by atomic mass is 35.5. The highest BCUT2D eigenvalue weighted by Crippen LogP contribution is 2.36. The molecule has 9 heteroatoms. The lowest BCUT2D eigenvalue weighted by atomic mass is 10.1. The summed E-state index contributed by atoms with van der Waals surface area (Å²) in [6.45, 7) is 5.64. The lowest BCUT2D eigenvalue weighted by Gasteiger charge is -2.17. The minimum atomic E-state index is -0.722. The van der Waals surface area contributed by atoms with Crippen molar-refractivity contribution in [1.29, 1.82) is 0 Å². The first-order chi connectivity index (χ1) is 14.7. The number of aromatic nitrogens is 4. The molecular formula is C22H19Cl3N4O2. The van der Waals surface area contributed by atoms with Crippen LogP contribution < -0.4 is 0 Å². The molecule has 160 valence electrons. The van der Waals surface area contributed by atoms with E-state index in [-0.39, 0.29) is 5.89 Å². The van der Waals surface area contributed by atoms with Gasteiger partial charge >= 0.3 is 0 Å². The first kappa shape index (κ1) is 21.8. The largest absolute Gasteiger partial charge is 0.416 e. The molecule has 0 amide bonds. The zero-order valence-electron chi connectivity index (χ0n) is 17.3. The van der Waals surface area contributed by atoms with Crippen LogP contribution in [0.4, 0.5) is 0 Å². The van der Waals surface area contributed by atoms with E-state index >= 15 is 0 Å². The van der Waals surface area contributed by atoms with Crippen LogP contribution in [0.5, 0.6) is 0 Å². The molecule has 0 radical (unpaired) electrons. The molecule has 4 rings (SSSR count). The van der Waals surface area contributed by atoms with Crippen molar-refractivity contribution in [2.45, 2.75) is 26.4 Å². The minimum Gasteiger partial charge on any atom is -0.416 e. The Morgan fingerprint density at radius 3 is 2.29 bits per heavy atom. The van der Waals surface area contributed by atoms with Crippen LogP contribution in [-0.4, -0.2) is 27.1 Å². The molecule has 0 aliphatic rings. The molecule has 6 nitrogen and oxygen atoms in total. The summed E-state index contributed by atoms with van der Waals surface area (Å²) in [5.41, 5.74) is 3.06. The summed E-state index contributed by atoms with van der Waals surface area (Å²) in [6, 6.07) is 12.7. The lowest BCUT2D eigenvalue weighted by molar-refractivity contribution is -0.00339. The second-order valence-electron chi connectivity index (χ2n) is 7.46. The molecule has 0 unspecified atom stereocenters. The van der Waals surface area contributed by atoms with Gasteiger partial charge in [-0.3, -0.25) is 0 Å². The molecule has 0 aliphatic carbocycles. The Labute approximate surface area is 194 Å². The third-order valence-electron chi connectivity index (χ3n) is 5.03. The first-order valence-electron chi connectivity index (χ1n) is 9.42. The van der Waals surface area contributed by atoms with Gasteiger partial charge in [0.2, 0.25) is 5.89 Å². The Balaban J connectivity index is 1.94. The van der Waals surface area contributed by atoms with Crippen molar-refractivity contribution in [3.63, 3.8) is 0 Å². The molecule has 0 spiro atoms. The second kappa shape index (κ2) is 8.28. The van der Waals surface area contributed by atoms with Gasteiger partial charge in [-0.05, 0) is 51.1 Å². The number of nitrogens with zero attached hydrogens (tertiary/aromatic N) is 4. The molecule has 2 heterocycles. The van der Waals surface area contributed by atoms with Crippen molar-refractivity contribution in [3.8, 4) is 28.5 Å². The normalized spacial score (nSPS) is 11.8. The molecule has 0 N–H and O–H groups in total. The standard InChI is InChI=1S/C22H19Cl3N4O2/c1-12-18(20-26-27-21(31-20)22(2,3)30-4)28-29(17-10-9-15(24)11-16(17)25)19(12)13-5-7-14(23)8-6-13/h5-11H,1-4H3. The van der Waals surface area contributed by atoms with Gasteiger partial charge in [-0.1, -0.05) is 46.9 Å². The SMILES string of the molecule is COC(C)(C)c1nnc(-c2nn(-c3ccc(Cl)cc3Cl)c(-c3ccc(Cl)cc3)c2C)o1. The molecule has 2 aromatic heterocycles. The molecular weight excluding hydrogens is 459 g/mol. The van der Waals surface area contributed by atoms with Gasteiger partial charge in [-0.15, -0.1) is 10.2 Å². The summed E-state index contributed by atoms with van der Waals surface area (Å²) in [5, 5.41) is 14.8. The van der Waals surface area contributed by atoms with Crippen LogP contribution in [0.15, 0.2) is 46.9 Å². The molecule has 0 bridgehead atoms. The number of benzene rings is 2. The topological polar surface area (TPSA) is 66.0 Å². The van der Waals surface area contributed by atoms with Crippen LogP contribution in [0, 0.1) is 6.92 Å². The van der Waals surface area contributed by atoms with Crippen molar-refractivity contribution in [3.05, 3.63) is 69.0 Å². The molecule has 0 saturated heterocycles. The molecule has 0 fully saturated rings. The van der Waals surface area contributed by atoms with Crippen LogP contribution in [0.1, 0.15) is 25.3 Å². The number of ether oxygens (including phenoxy) is 1. The summed E-state index contributed by atoms with van der Waals surface area (Å²) in [5.74, 6) is 0.646. The predicted octanol–water partition coefficient (Wildman–Crippen LogP) is 6.74. The Morgan fingerprint density at radius 1 is 0.968 bits per heavy atom. The van der Waals surface area contributed by atoms with E-state index in [1.54, 1.807) is 23.9 Å². The van der Waals surface area contributed by atoms with E-state index in [9.17, 15) is 0 Å². The van der Waals surface area contributed by atoms with E-state index in [4.69, 9.17) is 49.1 Å². The zero-order chi connectivity index (χ0) is 22.3. The van der Waals surface area contributed by atoms with Gasteiger partial charge in [-0.25, -0.2) is 4.68 Å². The average molecular weight is 478 g/mol. The Hall–Kier alpha value is -2.38. The Kier molecular flexibility index (Phi) is 5.83. The fourth-order valence-electron chi connectivity index (χ4n) is 3.12. The van der Waals surface area contributed by atoms with Gasteiger partial charge in [0.05, 0.1) is 16.4 Å². The zero-order valence-corrected chi connectivity index (χ0v) is 19.5. The van der Waals surface area contributed by atoms with Crippen LogP contribution in [0.25, 0.3) is 28.5 Å². The van der Waals surface area contributed by atoms with Crippen molar-refractivity contribution >= 4 is 34.8 Å². The maximum atomic E-state index is 6.50. The summed E-state index contributed by atoms with van der Waals surface area (Å²) < 4.78 is 13.1. The highest BCUT2D eigenvalue weighted by molar-refractivity contribution is 6.35. The third kappa shape index (κ3) is 4.08. The van der Waals surface area contributed by atoms with E-state index in [0.29, 0.717) is 32.3 Å². The Bertz CT molecular complexity index is 1250. The number of halogens is 3. The number of hydrogen-bond donors (Lipinski definition) is 0. The monoisotopic (exact) mass is 476 g/mol. The van der Waals surface area contributed by atoms with Gasteiger partial charge in [0.1, 0.15) is 5.60 Å². The van der Waals surface area contributed by atoms with Gasteiger partial charge in [0.15, 0.2) is 5.69 Å². The summed E-state index contributed by atoms with van der Waals surface area (Å²) >= 11 is 18.7. The second-order valence-corrected chi connectivity index (χ2v) is 8.74. The number of rotatable bonds is 5. The fraction of sp³-hybridized carbons (Fsp3) is 0.227. The summed E-state index contributed by atoms with van der Waals surface area (Å²) in [4.78, 5) is 0. The molecule has 0 atom stereocenters. The molecule has 31 heavy (non-hydrogen) atoms. The van der Waals surface area contributed by atoms with E-state index in [1.165, 1.54) is 0 Å². The van der Waals surface area contributed by atoms with Crippen LogP contribution in [-0.2, 0) is 10.3 Å². The molecule has 0 saturated carbocycles. The van der Waals surface area contributed by atoms with Crippen LogP contribution in [0.2, 0.25) is 15.1 Å². The molecule has 4 aromatic rings. The van der Waals surface area contributed by atoms with Crippen LogP contribution in [0.3, 0.4) is 0 Å². The van der Waals surface area contributed by atoms with Gasteiger partial charge < -0.3 is 9.15 Å². The van der Waals surface area contributed by atoms with E-state index in [0.717, 1.165) is 16.8 Å². The summed E-state index contributed by atoms with van der Waals surface area (Å²) in [6.07, 6.45) is 0. The van der Waals surface area contributed by atoms with Crippen molar-refractivity contribution in [2.75, 3.05) is 7.11 Å².